The third-order valence-corrected chi connectivity index (χ3v) is 6.36. The minimum atomic E-state index is -0.774. The van der Waals surface area contributed by atoms with E-state index in [1.54, 1.807) is 0 Å². The monoisotopic (exact) mass is 470 g/mol. The van der Waals surface area contributed by atoms with Crippen molar-refractivity contribution in [3.63, 3.8) is 0 Å². The molecule has 0 fully saturated rings. The van der Waals surface area contributed by atoms with Crippen LogP contribution in [-0.4, -0.2) is 63.9 Å². The van der Waals surface area contributed by atoms with Crippen LogP contribution in [0.3, 0.4) is 0 Å². The number of unbranched alkanes of at least 4 members (excludes halogenated alkanes) is 10. The molecular weight excluding hydrogens is 422 g/mol. The zero-order chi connectivity index (χ0) is 24.8. The summed E-state index contributed by atoms with van der Waals surface area (Å²) < 4.78 is 0.859. The van der Waals surface area contributed by atoms with E-state index in [0.29, 0.717) is 19.3 Å². The summed E-state index contributed by atoms with van der Waals surface area (Å²) in [7, 11) is 0. The topological polar surface area (TPSA) is 112 Å². The molecule has 0 spiro atoms. The van der Waals surface area contributed by atoms with E-state index in [2.05, 4.69) is 6.58 Å². The largest absolute Gasteiger partial charge is 0.481 e. The highest BCUT2D eigenvalue weighted by molar-refractivity contribution is 5.67. The number of quaternary nitrogens is 1. The maximum Gasteiger partial charge on any atom is 0.303 e. The van der Waals surface area contributed by atoms with Gasteiger partial charge in [-0.3, -0.25) is 14.4 Å². The number of hydrogen-bond acceptors (Lipinski definition) is 3. The molecule has 0 unspecified atom stereocenters. The molecule has 0 aromatic heterocycles. The molecule has 33 heavy (non-hydrogen) atoms. The van der Waals surface area contributed by atoms with E-state index in [-0.39, 0.29) is 19.3 Å². The minimum Gasteiger partial charge on any atom is -0.481 e. The van der Waals surface area contributed by atoms with E-state index in [0.717, 1.165) is 62.8 Å². The highest BCUT2D eigenvalue weighted by Crippen LogP contribution is 2.19. The summed E-state index contributed by atoms with van der Waals surface area (Å²) in [5, 5.41) is 26.9. The van der Waals surface area contributed by atoms with E-state index in [9.17, 15) is 14.4 Å². The molecule has 0 heterocycles. The van der Waals surface area contributed by atoms with Gasteiger partial charge in [0.1, 0.15) is 0 Å². The number of allylic oxidation sites excluding steroid dienone is 1. The molecule has 0 aliphatic rings. The zero-order valence-corrected chi connectivity index (χ0v) is 20.6. The number of rotatable bonds is 25. The molecule has 0 saturated heterocycles. The van der Waals surface area contributed by atoms with Crippen molar-refractivity contribution in [2.75, 3.05) is 26.2 Å². The van der Waals surface area contributed by atoms with Gasteiger partial charge >= 0.3 is 17.9 Å². The summed E-state index contributed by atoms with van der Waals surface area (Å²) in [6.45, 7) is 7.41. The van der Waals surface area contributed by atoms with Crippen LogP contribution in [0.1, 0.15) is 109 Å². The van der Waals surface area contributed by atoms with E-state index in [1.165, 1.54) is 38.5 Å². The number of nitrogens with zero attached hydrogens (tertiary/aromatic N) is 1. The van der Waals surface area contributed by atoms with Gasteiger partial charge in [-0.2, -0.15) is 0 Å². The summed E-state index contributed by atoms with van der Waals surface area (Å²) in [5.74, 6) is -2.32. The van der Waals surface area contributed by atoms with Crippen LogP contribution in [0.25, 0.3) is 0 Å². The third-order valence-electron chi connectivity index (χ3n) is 6.36. The average molecular weight is 471 g/mol. The molecule has 0 aromatic carbocycles. The quantitative estimate of drug-likeness (QED) is 0.0873. The molecule has 0 atom stereocenters. The molecule has 0 rings (SSSR count). The van der Waals surface area contributed by atoms with Crippen molar-refractivity contribution in [2.24, 2.45) is 0 Å². The predicted molar refractivity (Wildman–Crippen MR) is 131 cm³/mol. The Morgan fingerprint density at radius 3 is 1.15 bits per heavy atom. The maximum absolute atomic E-state index is 10.9. The number of aliphatic carboxylic acids is 3. The van der Waals surface area contributed by atoms with Crippen LogP contribution in [-0.2, 0) is 14.4 Å². The Balaban J connectivity index is 4.78. The SMILES string of the molecule is C=CCCCCCCCCC[N+](CCCCC(=O)O)(CCCCC(=O)O)CCCCC(=O)O. The van der Waals surface area contributed by atoms with Crippen molar-refractivity contribution in [3.8, 4) is 0 Å². The molecule has 3 N–H and O–H groups in total. The Hall–Kier alpha value is -1.89. The van der Waals surface area contributed by atoms with E-state index in [4.69, 9.17) is 15.3 Å². The fourth-order valence-corrected chi connectivity index (χ4v) is 4.46. The molecule has 0 radical (unpaired) electrons. The summed E-state index contributed by atoms with van der Waals surface area (Å²) >= 11 is 0. The molecule has 192 valence electrons. The van der Waals surface area contributed by atoms with E-state index < -0.39 is 17.9 Å². The van der Waals surface area contributed by atoms with Gasteiger partial charge < -0.3 is 19.8 Å². The second-order valence-corrected chi connectivity index (χ2v) is 9.34. The minimum absolute atomic E-state index is 0.171. The van der Waals surface area contributed by atoms with Crippen molar-refractivity contribution in [3.05, 3.63) is 12.7 Å². The van der Waals surface area contributed by atoms with Crippen molar-refractivity contribution >= 4 is 17.9 Å². The van der Waals surface area contributed by atoms with Crippen LogP contribution >= 0.6 is 0 Å². The summed E-state index contributed by atoms with van der Waals surface area (Å²) in [4.78, 5) is 32.7. The molecule has 0 aromatic rings. The first kappa shape index (κ1) is 31.1. The summed E-state index contributed by atoms with van der Waals surface area (Å²) in [6, 6.07) is 0. The first-order valence-electron chi connectivity index (χ1n) is 12.9. The van der Waals surface area contributed by atoms with Crippen LogP contribution in [0.5, 0.6) is 0 Å². The van der Waals surface area contributed by atoms with Crippen LogP contribution < -0.4 is 0 Å². The van der Waals surface area contributed by atoms with Gasteiger partial charge in [0.05, 0.1) is 26.2 Å². The van der Waals surface area contributed by atoms with Crippen molar-refractivity contribution in [1.29, 1.82) is 0 Å². The number of carboxylic acid groups (broad SMARTS) is 3. The lowest BCUT2D eigenvalue weighted by molar-refractivity contribution is -0.929. The van der Waals surface area contributed by atoms with E-state index in [1.807, 2.05) is 6.08 Å². The van der Waals surface area contributed by atoms with Gasteiger partial charge in [0.25, 0.3) is 0 Å². The fourth-order valence-electron chi connectivity index (χ4n) is 4.46. The highest BCUT2D eigenvalue weighted by atomic mass is 16.4. The first-order valence-corrected chi connectivity index (χ1v) is 12.9. The maximum atomic E-state index is 10.9. The molecule has 0 bridgehead atoms. The lowest BCUT2D eigenvalue weighted by atomic mass is 10.1. The van der Waals surface area contributed by atoms with Gasteiger partial charge in [-0.15, -0.1) is 6.58 Å². The first-order chi connectivity index (χ1) is 15.8. The van der Waals surface area contributed by atoms with Gasteiger partial charge in [-0.05, 0) is 64.2 Å². The van der Waals surface area contributed by atoms with Crippen molar-refractivity contribution in [1.82, 2.24) is 0 Å². The number of carbonyl (C=O) groups is 3. The van der Waals surface area contributed by atoms with Crippen LogP contribution in [0.4, 0.5) is 0 Å². The third kappa shape index (κ3) is 20.4. The van der Waals surface area contributed by atoms with Crippen LogP contribution in [0.2, 0.25) is 0 Å². The van der Waals surface area contributed by atoms with Crippen molar-refractivity contribution < 1.29 is 34.2 Å². The Kier molecular flexibility index (Phi) is 19.5. The smallest absolute Gasteiger partial charge is 0.303 e. The Morgan fingerprint density at radius 2 is 0.818 bits per heavy atom. The molecule has 0 aliphatic heterocycles. The number of carboxylic acids is 3. The van der Waals surface area contributed by atoms with Crippen LogP contribution in [0, 0.1) is 0 Å². The standard InChI is InChI=1S/C26H47NO6/c1-2-3-4-5-6-7-8-9-13-20-27(21-14-10-17-24(28)29,22-15-11-18-25(30)31)23-16-12-19-26(32)33/h2H,1,3-23H2,(H2-,28,29,30,31,32,33)/p+1. The second-order valence-electron chi connectivity index (χ2n) is 9.34. The van der Waals surface area contributed by atoms with Crippen molar-refractivity contribution in [2.45, 2.75) is 109 Å². The molecule has 7 heteroatoms. The Bertz CT molecular complexity index is 494. The highest BCUT2D eigenvalue weighted by Gasteiger charge is 2.26. The lowest BCUT2D eigenvalue weighted by Gasteiger charge is -2.39. The van der Waals surface area contributed by atoms with Gasteiger partial charge in [-0.25, -0.2) is 0 Å². The summed E-state index contributed by atoms with van der Waals surface area (Å²) in [5.41, 5.74) is 0. The van der Waals surface area contributed by atoms with Crippen LogP contribution in [0.15, 0.2) is 12.7 Å². The van der Waals surface area contributed by atoms with Gasteiger partial charge in [0.2, 0.25) is 0 Å². The molecule has 0 saturated carbocycles. The van der Waals surface area contributed by atoms with Gasteiger partial charge in [0, 0.05) is 19.3 Å². The predicted octanol–water partition coefficient (Wildman–Crippen LogP) is 5.87. The summed E-state index contributed by atoms with van der Waals surface area (Å²) in [6.07, 6.45) is 16.4. The Labute approximate surface area is 200 Å². The molecule has 7 nitrogen and oxygen atoms in total. The van der Waals surface area contributed by atoms with Gasteiger partial charge in [-0.1, -0.05) is 31.8 Å². The molecule has 0 amide bonds. The number of hydrogen-bond donors (Lipinski definition) is 3. The molecular formula is C26H48NO6+. The lowest BCUT2D eigenvalue weighted by Crippen LogP contribution is -2.51. The fraction of sp³-hybridized carbons (Fsp3) is 0.808. The normalized spacial score (nSPS) is 11.4. The van der Waals surface area contributed by atoms with E-state index >= 15 is 0 Å². The second kappa shape index (κ2) is 20.7. The average Bonchev–Trinajstić information content (AvgIpc) is 2.75. The Morgan fingerprint density at radius 1 is 0.515 bits per heavy atom. The molecule has 0 aliphatic carbocycles. The van der Waals surface area contributed by atoms with Gasteiger partial charge in [0.15, 0.2) is 0 Å². The zero-order valence-electron chi connectivity index (χ0n) is 20.6.